The molecule has 2 aromatic rings. The molecule has 0 aromatic heterocycles. The average Bonchev–Trinajstić information content (AvgIpc) is 3.18. The number of anilines is 2. The van der Waals surface area contributed by atoms with Gasteiger partial charge >= 0.3 is 11.9 Å². The first-order chi connectivity index (χ1) is 27.0. The van der Waals surface area contributed by atoms with E-state index in [1.165, 1.54) is 18.1 Å². The van der Waals surface area contributed by atoms with Gasteiger partial charge in [-0.3, -0.25) is 24.0 Å². The van der Waals surface area contributed by atoms with Crippen molar-refractivity contribution in [2.75, 3.05) is 10.6 Å². The van der Waals surface area contributed by atoms with Gasteiger partial charge in [-0.1, -0.05) is 77.7 Å². The van der Waals surface area contributed by atoms with E-state index in [1.54, 1.807) is 48.5 Å². The molecule has 0 aliphatic heterocycles. The van der Waals surface area contributed by atoms with Crippen molar-refractivity contribution >= 4 is 40.9 Å². The molecule has 10 nitrogen and oxygen atoms in total. The molecule has 0 spiro atoms. The number of carbonyl (C=O) groups is 5. The first-order valence-electron chi connectivity index (χ1n) is 20.5. The number of hydrogen-bond donors (Lipinski definition) is 4. The van der Waals surface area contributed by atoms with Crippen LogP contribution in [-0.4, -0.2) is 39.7 Å². The Balaban J connectivity index is 0.000000570. The number of amides is 2. The second-order valence-corrected chi connectivity index (χ2v) is 15.3. The maximum atomic E-state index is 12.5. The number of benzene rings is 2. The molecule has 0 saturated heterocycles. The number of carboxylic acid groups (broad SMARTS) is 2. The van der Waals surface area contributed by atoms with Crippen LogP contribution in [0.1, 0.15) is 142 Å². The summed E-state index contributed by atoms with van der Waals surface area (Å²) in [6, 6.07) is 15.2. The third-order valence-corrected chi connectivity index (χ3v) is 11.1. The molecule has 4 N–H and O–H groups in total. The number of ketones is 1. The number of hydrogen-bond acceptors (Lipinski definition) is 6. The van der Waals surface area contributed by atoms with Gasteiger partial charge in [0.25, 0.3) is 0 Å². The maximum absolute atomic E-state index is 12.5. The van der Waals surface area contributed by atoms with E-state index < -0.39 is 23.8 Å². The van der Waals surface area contributed by atoms with Gasteiger partial charge in [0, 0.05) is 29.8 Å². The first-order valence-corrected chi connectivity index (χ1v) is 20.5. The van der Waals surface area contributed by atoms with Crippen LogP contribution < -0.4 is 10.6 Å². The molecule has 0 aliphatic carbocycles. The van der Waals surface area contributed by atoms with Gasteiger partial charge < -0.3 is 20.8 Å². The van der Waals surface area contributed by atoms with Crippen LogP contribution in [0.5, 0.6) is 0 Å². The lowest BCUT2D eigenvalue weighted by Crippen LogP contribution is -2.32. The maximum Gasteiger partial charge on any atom is 0.307 e. The van der Waals surface area contributed by atoms with E-state index in [9.17, 15) is 34.2 Å². The summed E-state index contributed by atoms with van der Waals surface area (Å²) in [5, 5.41) is 33.8. The summed E-state index contributed by atoms with van der Waals surface area (Å²) in [7, 11) is 0. The first kappa shape index (κ1) is 50.0. The standard InChI is InChI=1S/C24H35NO4.C23H32N2O3/c1-6-16(3)9-8-10-17(4)21(7-2)22(24(28)29)15-23(27)25-20-13-11-19(12-14-20)18(5)26;1-5-16(3)8-7-9-17(4)20(6-2)21(23(27)28)14-22(26)25-19-12-10-18(15-24)11-13-19/h9,11-14,17,21-22H,6-8,10,15H2,1-5H3,(H,25,27)(H,28,29);8,10-13,17,20-21H,5-7,9,14H2,1-4H3,(H,25,26)(H,27,28)/b16-9-;16-8-. The molecule has 2 rings (SSSR count). The Labute approximate surface area is 341 Å². The fraction of sp³-hybridized carbons (Fsp3) is 0.532. The number of aliphatic carboxylic acids is 2. The van der Waals surface area contributed by atoms with Crippen LogP contribution in [0.15, 0.2) is 71.8 Å². The highest BCUT2D eigenvalue weighted by atomic mass is 16.4. The van der Waals surface area contributed by atoms with E-state index in [4.69, 9.17) is 5.26 Å². The van der Waals surface area contributed by atoms with Crippen molar-refractivity contribution < 1.29 is 34.2 Å². The minimum absolute atomic E-state index is 0.0439. The molecule has 2 amide bonds. The smallest absolute Gasteiger partial charge is 0.307 e. The topological polar surface area (TPSA) is 174 Å². The molecular formula is C47H67N3O7. The lowest BCUT2D eigenvalue weighted by molar-refractivity contribution is -0.147. The average molecular weight is 786 g/mol. The predicted molar refractivity (Wildman–Crippen MR) is 229 cm³/mol. The van der Waals surface area contributed by atoms with E-state index in [2.05, 4.69) is 64.3 Å². The second-order valence-electron chi connectivity index (χ2n) is 15.3. The molecule has 10 heteroatoms. The Morgan fingerprint density at radius 2 is 1.02 bits per heavy atom. The van der Waals surface area contributed by atoms with Gasteiger partial charge in [-0.2, -0.15) is 5.26 Å². The van der Waals surface area contributed by atoms with Gasteiger partial charge in [0.05, 0.1) is 23.5 Å². The molecule has 2 aromatic carbocycles. The molecule has 0 radical (unpaired) electrons. The highest BCUT2D eigenvalue weighted by Crippen LogP contribution is 2.32. The third-order valence-electron chi connectivity index (χ3n) is 11.1. The van der Waals surface area contributed by atoms with Gasteiger partial charge in [0.1, 0.15) is 0 Å². The lowest BCUT2D eigenvalue weighted by Gasteiger charge is -2.28. The zero-order valence-electron chi connectivity index (χ0n) is 35.7. The van der Waals surface area contributed by atoms with E-state index in [-0.39, 0.29) is 54.1 Å². The Kier molecular flexibility index (Phi) is 23.5. The largest absolute Gasteiger partial charge is 0.481 e. The molecule has 6 unspecified atom stereocenters. The summed E-state index contributed by atoms with van der Waals surface area (Å²) in [6.45, 7) is 18.1. The summed E-state index contributed by atoms with van der Waals surface area (Å²) in [6.07, 6.45) is 11.5. The number of carboxylic acids is 2. The van der Waals surface area contributed by atoms with Crippen molar-refractivity contribution in [3.05, 3.63) is 83.0 Å². The summed E-state index contributed by atoms with van der Waals surface area (Å²) in [4.78, 5) is 60.0. The zero-order chi connectivity index (χ0) is 43.1. The Bertz CT molecular complexity index is 1690. The van der Waals surface area contributed by atoms with Crippen LogP contribution in [0.3, 0.4) is 0 Å². The highest BCUT2D eigenvalue weighted by molar-refractivity contribution is 5.96. The number of nitriles is 1. The van der Waals surface area contributed by atoms with Crippen LogP contribution in [0, 0.1) is 46.8 Å². The van der Waals surface area contributed by atoms with Crippen molar-refractivity contribution in [1.29, 1.82) is 5.26 Å². The second kappa shape index (κ2) is 26.7. The fourth-order valence-electron chi connectivity index (χ4n) is 7.15. The number of nitrogens with zero attached hydrogens (tertiary/aromatic N) is 1. The van der Waals surface area contributed by atoms with Crippen molar-refractivity contribution in [2.24, 2.45) is 35.5 Å². The van der Waals surface area contributed by atoms with Crippen LogP contribution in [0.4, 0.5) is 11.4 Å². The molecule has 57 heavy (non-hydrogen) atoms. The van der Waals surface area contributed by atoms with Gasteiger partial charge in [0.2, 0.25) is 11.8 Å². The summed E-state index contributed by atoms with van der Waals surface area (Å²) >= 11 is 0. The molecule has 0 saturated carbocycles. The van der Waals surface area contributed by atoms with E-state index in [0.717, 1.165) is 51.4 Å². The van der Waals surface area contributed by atoms with Gasteiger partial charge in [-0.15, -0.1) is 0 Å². The van der Waals surface area contributed by atoms with Gasteiger partial charge in [-0.25, -0.2) is 0 Å². The zero-order valence-corrected chi connectivity index (χ0v) is 35.7. The van der Waals surface area contributed by atoms with Crippen molar-refractivity contribution in [2.45, 2.75) is 127 Å². The number of nitrogens with one attached hydrogen (secondary N) is 2. The predicted octanol–water partition coefficient (Wildman–Crippen LogP) is 11.1. The molecule has 0 heterocycles. The Hall–Kier alpha value is -5.04. The van der Waals surface area contributed by atoms with Gasteiger partial charge in [-0.05, 0) is 131 Å². The minimum Gasteiger partial charge on any atom is -0.481 e. The third kappa shape index (κ3) is 18.6. The van der Waals surface area contributed by atoms with Crippen molar-refractivity contribution in [1.82, 2.24) is 0 Å². The van der Waals surface area contributed by atoms with Gasteiger partial charge in [0.15, 0.2) is 5.78 Å². The fourth-order valence-corrected chi connectivity index (χ4v) is 7.15. The SMILES string of the molecule is CC/C(C)=C\CCC(C)C(CC)C(CC(=O)Nc1ccc(C#N)cc1)C(=O)O.CC/C(C)=C\CCC(C)C(CC)C(CC(=O)Nc1ccc(C(C)=O)cc1)C(=O)O. The van der Waals surface area contributed by atoms with Crippen LogP contribution >= 0.6 is 0 Å². The molecule has 0 aliphatic rings. The van der Waals surface area contributed by atoms with E-state index >= 15 is 0 Å². The molecule has 0 fully saturated rings. The number of Topliss-reactive ketones (excluding diaryl/α,β-unsaturated/α-hetero) is 1. The van der Waals surface area contributed by atoms with E-state index in [1.807, 2.05) is 19.9 Å². The molecular weight excluding hydrogens is 719 g/mol. The van der Waals surface area contributed by atoms with Crippen LogP contribution in [0.2, 0.25) is 0 Å². The monoisotopic (exact) mass is 785 g/mol. The normalized spacial score (nSPS) is 14.7. The Morgan fingerprint density at radius 3 is 1.32 bits per heavy atom. The quantitative estimate of drug-likeness (QED) is 0.0636. The van der Waals surface area contributed by atoms with Crippen LogP contribution in [0.25, 0.3) is 0 Å². The van der Waals surface area contributed by atoms with Crippen molar-refractivity contribution in [3.8, 4) is 6.07 Å². The van der Waals surface area contributed by atoms with E-state index in [0.29, 0.717) is 22.5 Å². The summed E-state index contributed by atoms with van der Waals surface area (Å²) in [5.74, 6) is -3.65. The summed E-state index contributed by atoms with van der Waals surface area (Å²) in [5.41, 5.74) is 4.89. The Morgan fingerprint density at radius 1 is 0.649 bits per heavy atom. The summed E-state index contributed by atoms with van der Waals surface area (Å²) < 4.78 is 0. The number of allylic oxidation sites excluding steroid dienone is 4. The molecule has 312 valence electrons. The minimum atomic E-state index is -0.925. The van der Waals surface area contributed by atoms with Crippen LogP contribution in [-0.2, 0) is 19.2 Å². The van der Waals surface area contributed by atoms with Crippen molar-refractivity contribution in [3.63, 3.8) is 0 Å². The lowest BCUT2D eigenvalue weighted by atomic mass is 9.77. The highest BCUT2D eigenvalue weighted by Gasteiger charge is 2.34. The number of carbonyl (C=O) groups excluding carboxylic acids is 3. The molecule has 0 bridgehead atoms. The molecule has 6 atom stereocenters. The number of rotatable bonds is 23.